The van der Waals surface area contributed by atoms with Crippen molar-refractivity contribution in [1.82, 2.24) is 4.98 Å². The smallest absolute Gasteiger partial charge is 0.295 e. The van der Waals surface area contributed by atoms with Gasteiger partial charge >= 0.3 is 0 Å². The fourth-order valence-corrected chi connectivity index (χ4v) is 2.85. The minimum atomic E-state index is -0.722. The molecular weight excluding hydrogens is 334 g/mol. The molecule has 0 bridgehead atoms. The van der Waals surface area contributed by atoms with Gasteiger partial charge in [0.25, 0.3) is 6.01 Å². The quantitative estimate of drug-likeness (QED) is 0.630. The molecule has 1 atom stereocenters. The molecular formula is C19H19N3O4. The van der Waals surface area contributed by atoms with E-state index >= 15 is 0 Å². The summed E-state index contributed by atoms with van der Waals surface area (Å²) in [5, 5.41) is 15.9. The standard InChI is InChI=1S/C19H19N3O4/c23-13(10-20-19-22-16-3-1-2-4-17(16)26-19)11-25-14-6-7-15-12(9-14)5-8-18(24)21-15/h1-4,6-7,9,13,23H,5,8,10-11H2,(H,20,22)(H,21,24)/t13-/m0/s1. The average Bonchev–Trinajstić information content (AvgIpc) is 3.07. The number of fused-ring (bicyclic) bond motifs is 2. The Bertz CT molecular complexity index is 904. The number of oxazole rings is 1. The first-order chi connectivity index (χ1) is 12.7. The van der Waals surface area contributed by atoms with E-state index in [9.17, 15) is 9.90 Å². The largest absolute Gasteiger partial charge is 0.491 e. The number of carbonyl (C=O) groups is 1. The van der Waals surface area contributed by atoms with E-state index in [1.165, 1.54) is 0 Å². The van der Waals surface area contributed by atoms with E-state index in [4.69, 9.17) is 9.15 Å². The lowest BCUT2D eigenvalue weighted by Gasteiger charge is -2.18. The maximum Gasteiger partial charge on any atom is 0.295 e. The SMILES string of the molecule is O=C1CCc2cc(OC[C@@H](O)CNc3nc4ccccc4o3)ccc2N1. The highest BCUT2D eigenvalue weighted by Crippen LogP contribution is 2.26. The van der Waals surface area contributed by atoms with E-state index in [2.05, 4.69) is 15.6 Å². The number of amides is 1. The third-order valence-electron chi connectivity index (χ3n) is 4.20. The van der Waals surface area contributed by atoms with Crippen molar-refractivity contribution in [3.8, 4) is 5.75 Å². The van der Waals surface area contributed by atoms with Crippen molar-refractivity contribution in [3.05, 3.63) is 48.0 Å². The third-order valence-corrected chi connectivity index (χ3v) is 4.20. The first kappa shape index (κ1) is 16.4. The number of anilines is 2. The number of hydrogen-bond acceptors (Lipinski definition) is 6. The maximum absolute atomic E-state index is 11.4. The molecule has 1 aliphatic rings. The van der Waals surface area contributed by atoms with Crippen LogP contribution < -0.4 is 15.4 Å². The number of nitrogens with zero attached hydrogens (tertiary/aromatic N) is 1. The normalized spacial score (nSPS) is 14.6. The Morgan fingerprint density at radius 1 is 1.27 bits per heavy atom. The third kappa shape index (κ3) is 3.62. The average molecular weight is 353 g/mol. The molecule has 0 spiro atoms. The zero-order valence-electron chi connectivity index (χ0n) is 14.1. The summed E-state index contributed by atoms with van der Waals surface area (Å²) < 4.78 is 11.2. The van der Waals surface area contributed by atoms with Crippen LogP contribution in [0.25, 0.3) is 11.1 Å². The molecule has 3 aromatic rings. The van der Waals surface area contributed by atoms with Gasteiger partial charge in [-0.15, -0.1) is 0 Å². The highest BCUT2D eigenvalue weighted by Gasteiger charge is 2.15. The van der Waals surface area contributed by atoms with Crippen molar-refractivity contribution < 1.29 is 19.1 Å². The molecule has 26 heavy (non-hydrogen) atoms. The molecule has 3 N–H and O–H groups in total. The molecule has 0 aliphatic carbocycles. The monoisotopic (exact) mass is 353 g/mol. The lowest BCUT2D eigenvalue weighted by atomic mass is 10.0. The summed E-state index contributed by atoms with van der Waals surface area (Å²) in [7, 11) is 0. The molecule has 2 heterocycles. The highest BCUT2D eigenvalue weighted by molar-refractivity contribution is 5.94. The van der Waals surface area contributed by atoms with Crippen LogP contribution in [0.5, 0.6) is 5.75 Å². The Kier molecular flexibility index (Phi) is 4.45. The molecule has 1 aromatic heterocycles. The number of carbonyl (C=O) groups excluding carboxylic acids is 1. The van der Waals surface area contributed by atoms with Gasteiger partial charge in [0, 0.05) is 18.7 Å². The molecule has 0 radical (unpaired) electrons. The van der Waals surface area contributed by atoms with Crippen molar-refractivity contribution in [1.29, 1.82) is 0 Å². The van der Waals surface area contributed by atoms with Crippen LogP contribution in [-0.4, -0.2) is 35.3 Å². The van der Waals surface area contributed by atoms with Gasteiger partial charge in [0.05, 0.1) is 0 Å². The van der Waals surface area contributed by atoms with Gasteiger partial charge < -0.3 is 24.9 Å². The summed E-state index contributed by atoms with van der Waals surface area (Å²) in [6.45, 7) is 0.395. The molecule has 7 heteroatoms. The van der Waals surface area contributed by atoms with Gasteiger partial charge in [0.1, 0.15) is 24.0 Å². The summed E-state index contributed by atoms with van der Waals surface area (Å²) >= 11 is 0. The number of aromatic nitrogens is 1. The van der Waals surface area contributed by atoms with Crippen LogP contribution in [0.2, 0.25) is 0 Å². The number of rotatable bonds is 6. The van der Waals surface area contributed by atoms with Crippen molar-refractivity contribution in [2.24, 2.45) is 0 Å². The first-order valence-electron chi connectivity index (χ1n) is 8.50. The van der Waals surface area contributed by atoms with Crippen molar-refractivity contribution in [3.63, 3.8) is 0 Å². The molecule has 2 aromatic carbocycles. The molecule has 0 unspecified atom stereocenters. The van der Waals surface area contributed by atoms with Gasteiger partial charge in [-0.2, -0.15) is 4.98 Å². The second-order valence-electron chi connectivity index (χ2n) is 6.20. The number of benzene rings is 2. The second kappa shape index (κ2) is 7.05. The van der Waals surface area contributed by atoms with E-state index in [-0.39, 0.29) is 19.1 Å². The molecule has 0 saturated heterocycles. The predicted molar refractivity (Wildman–Crippen MR) is 97.4 cm³/mol. The number of hydrogen-bond donors (Lipinski definition) is 3. The zero-order valence-corrected chi connectivity index (χ0v) is 14.1. The molecule has 4 rings (SSSR count). The van der Waals surface area contributed by atoms with Gasteiger partial charge in [0.2, 0.25) is 5.91 Å². The lowest BCUT2D eigenvalue weighted by Crippen LogP contribution is -2.26. The summed E-state index contributed by atoms with van der Waals surface area (Å²) in [5.41, 5.74) is 3.33. The van der Waals surface area contributed by atoms with E-state index in [0.717, 1.165) is 16.8 Å². The van der Waals surface area contributed by atoms with Gasteiger partial charge in [-0.3, -0.25) is 4.79 Å². The van der Waals surface area contributed by atoms with Crippen LogP contribution in [0.1, 0.15) is 12.0 Å². The summed E-state index contributed by atoms with van der Waals surface area (Å²) in [6.07, 6.45) is 0.453. The van der Waals surface area contributed by atoms with Crippen LogP contribution in [0, 0.1) is 0 Å². The van der Waals surface area contributed by atoms with Gasteiger partial charge in [0.15, 0.2) is 5.58 Å². The first-order valence-corrected chi connectivity index (χ1v) is 8.50. The molecule has 0 saturated carbocycles. The van der Waals surface area contributed by atoms with Gasteiger partial charge in [-0.25, -0.2) is 0 Å². The zero-order chi connectivity index (χ0) is 17.9. The molecule has 1 amide bonds. The highest BCUT2D eigenvalue weighted by atomic mass is 16.5. The van der Waals surface area contributed by atoms with Crippen LogP contribution in [0.3, 0.4) is 0 Å². The molecule has 1 aliphatic heterocycles. The Morgan fingerprint density at radius 2 is 2.15 bits per heavy atom. The number of ether oxygens (including phenoxy) is 1. The van der Waals surface area contributed by atoms with Crippen molar-refractivity contribution in [2.45, 2.75) is 18.9 Å². The van der Waals surface area contributed by atoms with Crippen LogP contribution in [-0.2, 0) is 11.2 Å². The minimum Gasteiger partial charge on any atom is -0.491 e. The Morgan fingerprint density at radius 3 is 3.04 bits per heavy atom. The number of aryl methyl sites for hydroxylation is 1. The van der Waals surface area contributed by atoms with E-state index < -0.39 is 6.10 Å². The van der Waals surface area contributed by atoms with E-state index in [1.807, 2.05) is 36.4 Å². The Hall–Kier alpha value is -3.06. The van der Waals surface area contributed by atoms with E-state index in [1.54, 1.807) is 6.07 Å². The lowest BCUT2D eigenvalue weighted by molar-refractivity contribution is -0.116. The number of aliphatic hydroxyl groups excluding tert-OH is 1. The Labute approximate surface area is 150 Å². The summed E-state index contributed by atoms with van der Waals surface area (Å²) in [6, 6.07) is 13.3. The fourth-order valence-electron chi connectivity index (χ4n) is 2.85. The molecule has 0 fully saturated rings. The van der Waals surface area contributed by atoms with Crippen LogP contribution in [0.4, 0.5) is 11.7 Å². The van der Waals surface area contributed by atoms with Crippen LogP contribution >= 0.6 is 0 Å². The van der Waals surface area contributed by atoms with Gasteiger partial charge in [-0.1, -0.05) is 12.1 Å². The van der Waals surface area contributed by atoms with Crippen LogP contribution in [0.15, 0.2) is 46.9 Å². The van der Waals surface area contributed by atoms with Crippen molar-refractivity contribution >= 4 is 28.7 Å². The minimum absolute atomic E-state index is 0.0341. The van der Waals surface area contributed by atoms with E-state index in [0.29, 0.717) is 30.2 Å². The van der Waals surface area contributed by atoms with Gasteiger partial charge in [-0.05, 0) is 42.3 Å². The number of para-hydroxylation sites is 2. The summed E-state index contributed by atoms with van der Waals surface area (Å²) in [4.78, 5) is 15.7. The van der Waals surface area contributed by atoms with Crippen molar-refractivity contribution in [2.75, 3.05) is 23.8 Å². The Balaban J connectivity index is 1.30. The second-order valence-corrected chi connectivity index (χ2v) is 6.20. The number of aliphatic hydroxyl groups is 1. The number of nitrogens with one attached hydrogen (secondary N) is 2. The summed E-state index contributed by atoms with van der Waals surface area (Å²) in [5.74, 6) is 0.702. The predicted octanol–water partition coefficient (Wildman–Crippen LogP) is 2.56. The molecule has 134 valence electrons. The topological polar surface area (TPSA) is 96.6 Å². The fraction of sp³-hybridized carbons (Fsp3) is 0.263. The molecule has 7 nitrogen and oxygen atoms in total. The maximum atomic E-state index is 11.4.